The molecule has 2 saturated carbocycles. The van der Waals surface area contributed by atoms with Gasteiger partial charge in [0.15, 0.2) is 4.90 Å². The minimum Gasteiger partial charge on any atom is -0.390 e. The van der Waals surface area contributed by atoms with Gasteiger partial charge in [-0.3, -0.25) is 10.1 Å². The minimum atomic E-state index is -4.23. The average Bonchev–Trinajstić information content (AvgIpc) is 3.13. The summed E-state index contributed by atoms with van der Waals surface area (Å²) in [6.45, 7) is 10.2. The number of aliphatic hydroxyl groups is 2. The lowest BCUT2D eigenvalue weighted by Gasteiger charge is -2.62. The smallest absolute Gasteiger partial charge is 0.289 e. The first-order valence-electron chi connectivity index (χ1n) is 12.7. The number of nitro benzene ring substituents is 1. The van der Waals surface area contributed by atoms with E-state index in [1.807, 2.05) is 0 Å². The zero-order valence-electron chi connectivity index (χ0n) is 21.5. The number of hydrogen-bond donors (Lipinski definition) is 2. The summed E-state index contributed by atoms with van der Waals surface area (Å²) in [5, 5.41) is 33.4. The number of benzene rings is 1. The molecular weight excluding hydrogens is 468 g/mol. The molecule has 3 fully saturated rings. The van der Waals surface area contributed by atoms with Gasteiger partial charge in [-0.05, 0) is 81.1 Å². The molecule has 4 rings (SSSR count). The van der Waals surface area contributed by atoms with Gasteiger partial charge in [0, 0.05) is 18.2 Å². The summed E-state index contributed by atoms with van der Waals surface area (Å²) < 4.78 is 29.7. The second kappa shape index (κ2) is 8.50. The van der Waals surface area contributed by atoms with Crippen molar-refractivity contribution in [2.45, 2.75) is 102 Å². The maximum atomic E-state index is 14.1. The van der Waals surface area contributed by atoms with Crippen LogP contribution in [-0.4, -0.2) is 51.6 Å². The Morgan fingerprint density at radius 2 is 1.80 bits per heavy atom. The third kappa shape index (κ3) is 4.12. The highest BCUT2D eigenvalue weighted by atomic mass is 32.2. The van der Waals surface area contributed by atoms with E-state index in [1.54, 1.807) is 0 Å². The lowest BCUT2D eigenvalue weighted by molar-refractivity contribution is -0.387. The van der Waals surface area contributed by atoms with Gasteiger partial charge in [0.05, 0.1) is 16.6 Å². The fraction of sp³-hybridized carbons (Fsp3) is 0.769. The molecule has 1 unspecified atom stereocenters. The molecule has 2 aliphatic carbocycles. The molecule has 2 N–H and O–H groups in total. The molecule has 8 nitrogen and oxygen atoms in total. The van der Waals surface area contributed by atoms with E-state index in [-0.39, 0.29) is 34.6 Å². The SMILES string of the molecule is CC(C)(O)C(O)C[C@@]12CC[C@H]3C(C)(C)CCC[C@]3(C)[C@@H]1CCN2S(=O)(=O)c1ccccc1[N+](=O)[O-]. The molecule has 1 saturated heterocycles. The van der Waals surface area contributed by atoms with Crippen LogP contribution in [0.2, 0.25) is 0 Å². The van der Waals surface area contributed by atoms with Crippen LogP contribution in [0.4, 0.5) is 5.69 Å². The van der Waals surface area contributed by atoms with Gasteiger partial charge in [0.2, 0.25) is 10.0 Å². The van der Waals surface area contributed by atoms with Gasteiger partial charge in [0.1, 0.15) is 0 Å². The fourth-order valence-corrected chi connectivity index (χ4v) is 10.1. The standard InChI is InChI=1S/C26H40N2O6S/c1-23(2)13-8-14-25(5)20(23)11-15-26(17-22(29)24(3,4)30)21(25)12-16-27(26)35(33,34)19-10-7-6-9-18(19)28(31)32/h6-7,9-10,20-22,29-30H,8,11-17H2,1-5H3/t20-,21-,22?,25-,26-/m0/s1. The highest BCUT2D eigenvalue weighted by Crippen LogP contribution is 2.67. The van der Waals surface area contributed by atoms with E-state index in [0.717, 1.165) is 25.7 Å². The Morgan fingerprint density at radius 3 is 2.43 bits per heavy atom. The van der Waals surface area contributed by atoms with E-state index < -0.39 is 37.9 Å². The number of aliphatic hydroxyl groups excluding tert-OH is 1. The summed E-state index contributed by atoms with van der Waals surface area (Å²) in [5.41, 5.74) is -2.74. The topological polar surface area (TPSA) is 121 Å². The Labute approximate surface area is 208 Å². The van der Waals surface area contributed by atoms with Crippen LogP contribution in [0.25, 0.3) is 0 Å². The van der Waals surface area contributed by atoms with Crippen molar-refractivity contribution < 1.29 is 23.6 Å². The zero-order valence-corrected chi connectivity index (χ0v) is 22.3. The lowest BCUT2D eigenvalue weighted by Crippen LogP contribution is -2.63. The predicted molar refractivity (Wildman–Crippen MR) is 133 cm³/mol. The molecule has 35 heavy (non-hydrogen) atoms. The Kier molecular flexibility index (Phi) is 6.44. The van der Waals surface area contributed by atoms with Crippen molar-refractivity contribution in [1.29, 1.82) is 0 Å². The Morgan fingerprint density at radius 1 is 1.14 bits per heavy atom. The maximum absolute atomic E-state index is 14.1. The van der Waals surface area contributed by atoms with Gasteiger partial charge < -0.3 is 10.2 Å². The van der Waals surface area contributed by atoms with E-state index in [2.05, 4.69) is 20.8 Å². The van der Waals surface area contributed by atoms with Crippen molar-refractivity contribution in [1.82, 2.24) is 4.31 Å². The quantitative estimate of drug-likeness (QED) is 0.431. The summed E-state index contributed by atoms with van der Waals surface area (Å²) in [6, 6.07) is 5.50. The zero-order chi connectivity index (χ0) is 26.0. The average molecular weight is 509 g/mol. The van der Waals surface area contributed by atoms with Crippen molar-refractivity contribution in [3.05, 3.63) is 34.4 Å². The number of nitrogens with zero attached hydrogens (tertiary/aromatic N) is 2. The summed E-state index contributed by atoms with van der Waals surface area (Å²) in [7, 11) is -4.23. The first-order chi connectivity index (χ1) is 16.1. The Hall–Kier alpha value is -1.55. The van der Waals surface area contributed by atoms with E-state index in [4.69, 9.17) is 0 Å². The van der Waals surface area contributed by atoms with Gasteiger partial charge in [-0.15, -0.1) is 0 Å². The Balaban J connectivity index is 1.86. The first kappa shape index (κ1) is 26.5. The van der Waals surface area contributed by atoms with E-state index in [1.165, 1.54) is 42.4 Å². The monoisotopic (exact) mass is 508 g/mol. The van der Waals surface area contributed by atoms with Crippen LogP contribution in [0.5, 0.6) is 0 Å². The summed E-state index contributed by atoms with van der Waals surface area (Å²) in [4.78, 5) is 10.8. The van der Waals surface area contributed by atoms with Crippen molar-refractivity contribution in [2.24, 2.45) is 22.7 Å². The van der Waals surface area contributed by atoms with E-state index in [0.29, 0.717) is 18.8 Å². The molecule has 1 aromatic carbocycles. The van der Waals surface area contributed by atoms with Crippen molar-refractivity contribution in [3.8, 4) is 0 Å². The number of nitro groups is 1. The highest BCUT2D eigenvalue weighted by Gasteiger charge is 2.66. The molecule has 9 heteroatoms. The molecule has 0 bridgehead atoms. The van der Waals surface area contributed by atoms with Crippen molar-refractivity contribution in [3.63, 3.8) is 0 Å². The largest absolute Gasteiger partial charge is 0.390 e. The van der Waals surface area contributed by atoms with Crippen LogP contribution < -0.4 is 0 Å². The molecule has 5 atom stereocenters. The number of rotatable bonds is 6. The van der Waals surface area contributed by atoms with E-state index >= 15 is 0 Å². The molecule has 0 amide bonds. The molecule has 0 radical (unpaired) electrons. The van der Waals surface area contributed by atoms with Crippen LogP contribution in [0.3, 0.4) is 0 Å². The van der Waals surface area contributed by atoms with Crippen LogP contribution in [0, 0.1) is 32.8 Å². The summed E-state index contributed by atoms with van der Waals surface area (Å²) in [6.07, 6.45) is 4.19. The van der Waals surface area contributed by atoms with Crippen LogP contribution >= 0.6 is 0 Å². The molecule has 3 aliphatic rings. The van der Waals surface area contributed by atoms with Gasteiger partial charge >= 0.3 is 0 Å². The number of fused-ring (bicyclic) bond motifs is 3. The van der Waals surface area contributed by atoms with E-state index in [9.17, 15) is 28.7 Å². The van der Waals surface area contributed by atoms with Crippen LogP contribution in [0.15, 0.2) is 29.2 Å². The van der Waals surface area contributed by atoms with Crippen LogP contribution in [0.1, 0.15) is 79.6 Å². The number of para-hydroxylation sites is 1. The molecule has 196 valence electrons. The number of hydrogen-bond acceptors (Lipinski definition) is 6. The molecular formula is C26H40N2O6S. The second-order valence-corrected chi connectivity index (χ2v) is 14.4. The molecule has 0 aromatic heterocycles. The third-order valence-corrected chi connectivity index (χ3v) is 11.7. The molecule has 1 aromatic rings. The van der Waals surface area contributed by atoms with Gasteiger partial charge in [-0.25, -0.2) is 8.42 Å². The summed E-state index contributed by atoms with van der Waals surface area (Å²) >= 11 is 0. The lowest BCUT2D eigenvalue weighted by atomic mass is 9.44. The predicted octanol–water partition coefficient (Wildman–Crippen LogP) is 4.49. The Bertz CT molecular complexity index is 1100. The fourth-order valence-electron chi connectivity index (χ4n) is 8.09. The van der Waals surface area contributed by atoms with Crippen molar-refractivity contribution >= 4 is 15.7 Å². The third-order valence-electron chi connectivity index (χ3n) is 9.70. The van der Waals surface area contributed by atoms with Crippen molar-refractivity contribution in [2.75, 3.05) is 6.54 Å². The minimum absolute atomic E-state index is 0.0112. The van der Waals surface area contributed by atoms with Gasteiger partial charge in [0.25, 0.3) is 5.69 Å². The molecule has 1 aliphatic heterocycles. The molecule has 1 heterocycles. The second-order valence-electron chi connectivity index (χ2n) is 12.6. The highest BCUT2D eigenvalue weighted by molar-refractivity contribution is 7.89. The van der Waals surface area contributed by atoms with Gasteiger partial charge in [-0.2, -0.15) is 4.31 Å². The normalized spacial score (nSPS) is 34.1. The first-order valence-corrected chi connectivity index (χ1v) is 14.2. The van der Waals surface area contributed by atoms with Gasteiger partial charge in [-0.1, -0.05) is 39.3 Å². The number of sulfonamides is 1. The molecule has 0 spiro atoms. The maximum Gasteiger partial charge on any atom is 0.289 e. The summed E-state index contributed by atoms with van der Waals surface area (Å²) in [5.74, 6) is 0.415. The van der Waals surface area contributed by atoms with Crippen LogP contribution in [-0.2, 0) is 10.0 Å².